The van der Waals surface area contributed by atoms with Crippen molar-refractivity contribution in [3.63, 3.8) is 0 Å². The predicted molar refractivity (Wildman–Crippen MR) is 55.2 cm³/mol. The van der Waals surface area contributed by atoms with Gasteiger partial charge < -0.3 is 9.47 Å². The highest BCUT2D eigenvalue weighted by Gasteiger charge is 2.17. The van der Waals surface area contributed by atoms with E-state index in [9.17, 15) is 19.3 Å². The second-order valence-corrected chi connectivity index (χ2v) is 2.96. The summed E-state index contributed by atoms with van der Waals surface area (Å²) in [4.78, 5) is 20.8. The molecule has 0 radical (unpaired) electrons. The number of nitro groups is 1. The Balaban J connectivity index is 2.78. The first-order valence-corrected chi connectivity index (χ1v) is 4.77. The lowest BCUT2D eigenvalue weighted by molar-refractivity contribution is -0.385. The number of nitrogens with zero attached hydrogens (tertiary/aromatic N) is 1. The average Bonchev–Trinajstić information content (AvgIpc) is 2.26. The first-order chi connectivity index (χ1) is 8.04. The van der Waals surface area contributed by atoms with Gasteiger partial charge in [0.15, 0.2) is 6.61 Å². The Labute approximate surface area is 96.1 Å². The van der Waals surface area contributed by atoms with E-state index in [0.717, 1.165) is 18.2 Å². The Hall–Kier alpha value is -2.18. The van der Waals surface area contributed by atoms with Gasteiger partial charge in [0.25, 0.3) is 0 Å². The van der Waals surface area contributed by atoms with Gasteiger partial charge in [0.05, 0.1) is 11.5 Å². The highest BCUT2D eigenvalue weighted by atomic mass is 19.1. The molecule has 0 N–H and O–H groups in total. The number of hydrogen-bond donors (Lipinski definition) is 0. The summed E-state index contributed by atoms with van der Waals surface area (Å²) in [6.45, 7) is 1.29. The highest BCUT2D eigenvalue weighted by Crippen LogP contribution is 2.27. The lowest BCUT2D eigenvalue weighted by Gasteiger charge is -2.06. The lowest BCUT2D eigenvalue weighted by Crippen LogP contribution is -2.15. The minimum Gasteiger partial charge on any atom is -0.475 e. The van der Waals surface area contributed by atoms with E-state index in [1.54, 1.807) is 6.92 Å². The first kappa shape index (κ1) is 12.9. The van der Waals surface area contributed by atoms with E-state index in [1.165, 1.54) is 0 Å². The maximum absolute atomic E-state index is 12.9. The van der Waals surface area contributed by atoms with Gasteiger partial charge in [0.1, 0.15) is 5.82 Å². The number of rotatable bonds is 5. The van der Waals surface area contributed by atoms with Crippen LogP contribution >= 0.6 is 0 Å². The van der Waals surface area contributed by atoms with Crippen LogP contribution in [0, 0.1) is 15.9 Å². The smallest absolute Gasteiger partial charge is 0.344 e. The molecule has 0 saturated carbocycles. The molecular weight excluding hydrogens is 233 g/mol. The zero-order chi connectivity index (χ0) is 12.8. The summed E-state index contributed by atoms with van der Waals surface area (Å²) in [6.07, 6.45) is 0. The summed E-state index contributed by atoms with van der Waals surface area (Å²) in [5.41, 5.74) is -0.407. The zero-order valence-electron chi connectivity index (χ0n) is 9.01. The number of esters is 1. The molecule has 0 heterocycles. The van der Waals surface area contributed by atoms with Gasteiger partial charge in [-0.2, -0.15) is 0 Å². The lowest BCUT2D eigenvalue weighted by atomic mass is 10.3. The summed E-state index contributed by atoms with van der Waals surface area (Å²) in [7, 11) is 0. The Kier molecular flexibility index (Phi) is 4.38. The van der Waals surface area contributed by atoms with Crippen LogP contribution in [0.2, 0.25) is 0 Å². The maximum atomic E-state index is 12.9. The Morgan fingerprint density at radius 3 is 2.82 bits per heavy atom. The number of halogens is 1. The van der Waals surface area contributed by atoms with Crippen LogP contribution in [-0.2, 0) is 9.53 Å². The molecule has 0 bridgehead atoms. The largest absolute Gasteiger partial charge is 0.475 e. The summed E-state index contributed by atoms with van der Waals surface area (Å²) in [5.74, 6) is -1.66. The molecular formula is C10H10FNO5. The van der Waals surface area contributed by atoms with Crippen molar-refractivity contribution >= 4 is 11.7 Å². The number of carbonyl (C=O) groups excluding carboxylic acids is 1. The second-order valence-electron chi connectivity index (χ2n) is 2.96. The molecule has 1 aromatic rings. The van der Waals surface area contributed by atoms with Gasteiger partial charge in [0, 0.05) is 12.1 Å². The Morgan fingerprint density at radius 2 is 2.24 bits per heavy atom. The molecule has 92 valence electrons. The van der Waals surface area contributed by atoms with Crippen LogP contribution in [0.1, 0.15) is 6.92 Å². The number of benzene rings is 1. The standard InChI is InChI=1S/C10H10FNO5/c1-2-16-10(13)6-17-9-5-7(11)3-4-8(9)12(14)15/h3-5H,2,6H2,1H3. The first-order valence-electron chi connectivity index (χ1n) is 4.77. The molecule has 1 rings (SSSR count). The van der Waals surface area contributed by atoms with Crippen LogP contribution in [0.3, 0.4) is 0 Å². The number of nitro benzene ring substituents is 1. The van der Waals surface area contributed by atoms with Crippen molar-refractivity contribution in [3.8, 4) is 5.75 Å². The molecule has 0 aromatic heterocycles. The van der Waals surface area contributed by atoms with Crippen molar-refractivity contribution in [2.24, 2.45) is 0 Å². The van der Waals surface area contributed by atoms with Crippen molar-refractivity contribution < 1.29 is 23.6 Å². The zero-order valence-corrected chi connectivity index (χ0v) is 9.01. The van der Waals surface area contributed by atoms with Crippen LogP contribution in [0.15, 0.2) is 18.2 Å². The molecule has 0 aliphatic carbocycles. The molecule has 0 aliphatic heterocycles. The highest BCUT2D eigenvalue weighted by molar-refractivity contribution is 5.71. The molecule has 0 saturated heterocycles. The number of hydrogen-bond acceptors (Lipinski definition) is 5. The molecule has 7 heteroatoms. The monoisotopic (exact) mass is 243 g/mol. The fraction of sp³-hybridized carbons (Fsp3) is 0.300. The fourth-order valence-corrected chi connectivity index (χ4v) is 1.09. The molecule has 6 nitrogen and oxygen atoms in total. The van der Waals surface area contributed by atoms with E-state index in [2.05, 4.69) is 4.74 Å². The SMILES string of the molecule is CCOC(=O)COc1cc(F)ccc1[N+](=O)[O-]. The van der Waals surface area contributed by atoms with Crippen molar-refractivity contribution in [2.75, 3.05) is 13.2 Å². The molecule has 0 atom stereocenters. The van der Waals surface area contributed by atoms with Crippen molar-refractivity contribution in [1.29, 1.82) is 0 Å². The van der Waals surface area contributed by atoms with E-state index in [-0.39, 0.29) is 12.4 Å². The van der Waals surface area contributed by atoms with Gasteiger partial charge >= 0.3 is 11.7 Å². The van der Waals surface area contributed by atoms with Crippen LogP contribution in [0.25, 0.3) is 0 Å². The van der Waals surface area contributed by atoms with Crippen molar-refractivity contribution in [2.45, 2.75) is 6.92 Å². The molecule has 0 spiro atoms. The van der Waals surface area contributed by atoms with Crippen LogP contribution < -0.4 is 4.74 Å². The molecule has 0 amide bonds. The van der Waals surface area contributed by atoms with Crippen molar-refractivity contribution in [3.05, 3.63) is 34.1 Å². The van der Waals surface area contributed by atoms with Gasteiger partial charge in [-0.1, -0.05) is 0 Å². The molecule has 0 unspecified atom stereocenters. The van der Waals surface area contributed by atoms with E-state index in [4.69, 9.17) is 4.74 Å². The summed E-state index contributed by atoms with van der Waals surface area (Å²) in [5, 5.41) is 10.6. The number of carbonyl (C=O) groups is 1. The van der Waals surface area contributed by atoms with Gasteiger partial charge in [-0.15, -0.1) is 0 Å². The van der Waals surface area contributed by atoms with Gasteiger partial charge in [-0.05, 0) is 13.0 Å². The third-order valence-electron chi connectivity index (χ3n) is 1.77. The number of ether oxygens (including phenoxy) is 2. The molecule has 0 fully saturated rings. The molecule has 1 aromatic carbocycles. The fourth-order valence-electron chi connectivity index (χ4n) is 1.09. The molecule has 17 heavy (non-hydrogen) atoms. The van der Waals surface area contributed by atoms with Gasteiger partial charge in [0.2, 0.25) is 5.75 Å². The van der Waals surface area contributed by atoms with Gasteiger partial charge in [-0.25, -0.2) is 9.18 Å². The second kappa shape index (κ2) is 5.78. The average molecular weight is 243 g/mol. The van der Waals surface area contributed by atoms with Crippen LogP contribution in [0.4, 0.5) is 10.1 Å². The summed E-state index contributed by atoms with van der Waals surface area (Å²) >= 11 is 0. The maximum Gasteiger partial charge on any atom is 0.344 e. The third kappa shape index (κ3) is 3.71. The third-order valence-corrected chi connectivity index (χ3v) is 1.77. The Morgan fingerprint density at radius 1 is 1.53 bits per heavy atom. The summed E-state index contributed by atoms with van der Waals surface area (Å²) in [6, 6.07) is 2.75. The Bertz CT molecular complexity index is 435. The van der Waals surface area contributed by atoms with E-state index < -0.39 is 29.0 Å². The minimum atomic E-state index is -0.722. The molecule has 0 aliphatic rings. The quantitative estimate of drug-likeness (QED) is 0.446. The van der Waals surface area contributed by atoms with E-state index >= 15 is 0 Å². The van der Waals surface area contributed by atoms with Gasteiger partial charge in [-0.3, -0.25) is 10.1 Å². The van der Waals surface area contributed by atoms with Crippen LogP contribution in [0.5, 0.6) is 5.75 Å². The van der Waals surface area contributed by atoms with E-state index in [1.807, 2.05) is 0 Å². The minimum absolute atomic E-state index is 0.174. The normalized spacial score (nSPS) is 9.76. The van der Waals surface area contributed by atoms with E-state index in [0.29, 0.717) is 0 Å². The predicted octanol–water partition coefficient (Wildman–Crippen LogP) is 1.68. The topological polar surface area (TPSA) is 78.7 Å². The van der Waals surface area contributed by atoms with Crippen molar-refractivity contribution in [1.82, 2.24) is 0 Å². The summed E-state index contributed by atoms with van der Waals surface area (Å²) < 4.78 is 22.3. The van der Waals surface area contributed by atoms with Crippen LogP contribution in [-0.4, -0.2) is 24.1 Å².